The van der Waals surface area contributed by atoms with E-state index in [0.717, 1.165) is 31.5 Å². The number of carbonyl (C=O) groups is 1. The monoisotopic (exact) mass is 268 g/mol. The van der Waals surface area contributed by atoms with Crippen LogP contribution in [0.15, 0.2) is 18.2 Å². The van der Waals surface area contributed by atoms with Gasteiger partial charge in [0.15, 0.2) is 6.67 Å². The van der Waals surface area contributed by atoms with E-state index in [1.807, 2.05) is 0 Å². The highest BCUT2D eigenvalue weighted by Gasteiger charge is 2.16. The predicted molar refractivity (Wildman–Crippen MR) is 69.1 cm³/mol. The van der Waals surface area contributed by atoms with Crippen LogP contribution in [-0.2, 0) is 11.3 Å². The Hall–Kier alpha value is -1.49. The van der Waals surface area contributed by atoms with Gasteiger partial charge >= 0.3 is 0 Å². The molecule has 1 aromatic carbocycles. The van der Waals surface area contributed by atoms with E-state index >= 15 is 0 Å². The molecule has 1 amide bonds. The van der Waals surface area contributed by atoms with Crippen molar-refractivity contribution < 1.29 is 13.6 Å². The summed E-state index contributed by atoms with van der Waals surface area (Å²) in [6.07, 6.45) is 2.06. The molecular weight excluding hydrogens is 250 g/mol. The summed E-state index contributed by atoms with van der Waals surface area (Å²) in [5.41, 5.74) is 1.50. The summed E-state index contributed by atoms with van der Waals surface area (Å²) in [5, 5.41) is 5.64. The minimum absolute atomic E-state index is 0.0351. The van der Waals surface area contributed by atoms with Crippen molar-refractivity contribution in [1.29, 1.82) is 0 Å². The lowest BCUT2D eigenvalue weighted by atomic mass is 9.89. The molecule has 0 unspecified atom stereocenters. The van der Waals surface area contributed by atoms with Gasteiger partial charge in [0, 0.05) is 12.1 Å². The third kappa shape index (κ3) is 3.73. The average Bonchev–Trinajstić information content (AvgIpc) is 2.47. The number of piperidine rings is 1. The van der Waals surface area contributed by atoms with Crippen LogP contribution in [0.5, 0.6) is 0 Å². The third-order valence-electron chi connectivity index (χ3n) is 3.48. The maximum Gasteiger partial charge on any atom is 0.251 e. The lowest BCUT2D eigenvalue weighted by molar-refractivity contribution is -0.122. The Balaban J connectivity index is 2.07. The lowest BCUT2D eigenvalue weighted by Gasteiger charge is -2.23. The molecule has 1 aliphatic heterocycles. The van der Waals surface area contributed by atoms with Gasteiger partial charge in [-0.3, -0.25) is 4.79 Å². The summed E-state index contributed by atoms with van der Waals surface area (Å²) >= 11 is 0. The Morgan fingerprint density at radius 2 is 2.11 bits per heavy atom. The van der Waals surface area contributed by atoms with Gasteiger partial charge in [0.05, 0.1) is 0 Å². The number of benzene rings is 1. The predicted octanol–water partition coefficient (Wildman–Crippen LogP) is 1.88. The number of nitrogens with one attached hydrogen (secondary N) is 2. The second-order valence-corrected chi connectivity index (χ2v) is 4.79. The lowest BCUT2D eigenvalue weighted by Crippen LogP contribution is -2.27. The molecule has 0 bridgehead atoms. The molecule has 2 N–H and O–H groups in total. The van der Waals surface area contributed by atoms with E-state index < -0.39 is 12.6 Å². The molecule has 1 aromatic rings. The van der Waals surface area contributed by atoms with Crippen molar-refractivity contribution >= 4 is 5.91 Å². The molecule has 3 nitrogen and oxygen atoms in total. The van der Waals surface area contributed by atoms with Crippen LogP contribution >= 0.6 is 0 Å². The van der Waals surface area contributed by atoms with Gasteiger partial charge in [-0.25, -0.2) is 8.78 Å². The first-order valence-electron chi connectivity index (χ1n) is 6.52. The zero-order chi connectivity index (χ0) is 13.7. The van der Waals surface area contributed by atoms with Crippen LogP contribution in [0, 0.1) is 5.82 Å². The molecular formula is C14H18F2N2O. The highest BCUT2D eigenvalue weighted by molar-refractivity contribution is 5.76. The number of halogens is 2. The van der Waals surface area contributed by atoms with E-state index in [2.05, 4.69) is 10.6 Å². The first-order chi connectivity index (χ1) is 9.20. The number of carbonyl (C=O) groups excluding carboxylic acids is 1. The molecule has 0 radical (unpaired) electrons. The summed E-state index contributed by atoms with van der Waals surface area (Å²) in [6, 6.07) is 5.00. The van der Waals surface area contributed by atoms with Crippen LogP contribution in [0.25, 0.3) is 0 Å². The van der Waals surface area contributed by atoms with Crippen molar-refractivity contribution in [2.75, 3.05) is 19.8 Å². The minimum Gasteiger partial charge on any atom is -0.350 e. The van der Waals surface area contributed by atoms with Gasteiger partial charge in [0.1, 0.15) is 5.82 Å². The molecule has 2 rings (SSSR count). The summed E-state index contributed by atoms with van der Waals surface area (Å²) < 4.78 is 25.7. The highest BCUT2D eigenvalue weighted by Crippen LogP contribution is 2.26. The Bertz CT molecular complexity index is 445. The number of alkyl halides is 1. The van der Waals surface area contributed by atoms with Crippen molar-refractivity contribution in [2.45, 2.75) is 25.3 Å². The summed E-state index contributed by atoms with van der Waals surface area (Å²) in [5.74, 6) is -0.652. The molecule has 19 heavy (non-hydrogen) atoms. The first kappa shape index (κ1) is 13.9. The van der Waals surface area contributed by atoms with Gasteiger partial charge in [-0.05, 0) is 43.5 Å². The molecule has 0 spiro atoms. The van der Waals surface area contributed by atoms with E-state index in [-0.39, 0.29) is 12.4 Å². The smallest absolute Gasteiger partial charge is 0.251 e. The molecule has 0 saturated carbocycles. The van der Waals surface area contributed by atoms with Crippen LogP contribution < -0.4 is 10.6 Å². The second kappa shape index (κ2) is 6.61. The summed E-state index contributed by atoms with van der Waals surface area (Å²) in [6.45, 7) is 0.898. The standard InChI is InChI=1S/C14H18F2N2O/c15-8-14(19)18-9-12-7-11(1-2-13(12)16)10-3-5-17-6-4-10/h1-2,7,10,17H,3-6,8-9H2,(H,18,19). The molecule has 1 aliphatic rings. The normalized spacial score (nSPS) is 16.3. The van der Waals surface area contributed by atoms with Crippen LogP contribution in [-0.4, -0.2) is 25.7 Å². The van der Waals surface area contributed by atoms with Crippen LogP contribution in [0.2, 0.25) is 0 Å². The molecule has 1 heterocycles. The van der Waals surface area contributed by atoms with Gasteiger partial charge < -0.3 is 10.6 Å². The highest BCUT2D eigenvalue weighted by atomic mass is 19.1. The van der Waals surface area contributed by atoms with E-state index in [1.54, 1.807) is 12.1 Å². The SMILES string of the molecule is O=C(CF)NCc1cc(C2CCNCC2)ccc1F. The number of rotatable bonds is 4. The van der Waals surface area contributed by atoms with E-state index in [1.165, 1.54) is 6.07 Å². The van der Waals surface area contributed by atoms with Crippen molar-refractivity contribution in [3.05, 3.63) is 35.1 Å². The van der Waals surface area contributed by atoms with Gasteiger partial charge in [0.2, 0.25) is 0 Å². The van der Waals surface area contributed by atoms with Crippen LogP contribution in [0.3, 0.4) is 0 Å². The topological polar surface area (TPSA) is 41.1 Å². The molecule has 1 fully saturated rings. The summed E-state index contributed by atoms with van der Waals surface area (Å²) in [4.78, 5) is 10.9. The molecule has 104 valence electrons. The fourth-order valence-corrected chi connectivity index (χ4v) is 2.38. The third-order valence-corrected chi connectivity index (χ3v) is 3.48. The fourth-order valence-electron chi connectivity index (χ4n) is 2.38. The minimum atomic E-state index is -1.07. The maximum atomic E-state index is 13.6. The summed E-state index contributed by atoms with van der Waals surface area (Å²) in [7, 11) is 0. The molecule has 5 heteroatoms. The zero-order valence-corrected chi connectivity index (χ0v) is 10.7. The van der Waals surface area contributed by atoms with Gasteiger partial charge in [-0.1, -0.05) is 12.1 Å². The van der Waals surface area contributed by atoms with E-state index in [0.29, 0.717) is 11.5 Å². The molecule has 0 aromatic heterocycles. The maximum absolute atomic E-state index is 13.6. The van der Waals surface area contributed by atoms with Gasteiger partial charge in [0.25, 0.3) is 5.91 Å². The van der Waals surface area contributed by atoms with Crippen molar-refractivity contribution in [3.8, 4) is 0 Å². The van der Waals surface area contributed by atoms with E-state index in [4.69, 9.17) is 0 Å². The Kier molecular flexibility index (Phi) is 4.85. The number of hydrogen-bond donors (Lipinski definition) is 2. The zero-order valence-electron chi connectivity index (χ0n) is 10.7. The molecule has 0 atom stereocenters. The van der Waals surface area contributed by atoms with Crippen molar-refractivity contribution in [2.24, 2.45) is 0 Å². The number of hydrogen-bond acceptors (Lipinski definition) is 2. The van der Waals surface area contributed by atoms with Crippen LogP contribution in [0.4, 0.5) is 8.78 Å². The molecule has 1 saturated heterocycles. The van der Waals surface area contributed by atoms with Crippen LogP contribution in [0.1, 0.15) is 29.9 Å². The molecule has 0 aliphatic carbocycles. The van der Waals surface area contributed by atoms with Gasteiger partial charge in [-0.2, -0.15) is 0 Å². The quantitative estimate of drug-likeness (QED) is 0.875. The second-order valence-electron chi connectivity index (χ2n) is 4.79. The van der Waals surface area contributed by atoms with E-state index in [9.17, 15) is 13.6 Å². The Morgan fingerprint density at radius 1 is 1.37 bits per heavy atom. The number of amides is 1. The average molecular weight is 268 g/mol. The van der Waals surface area contributed by atoms with Crippen molar-refractivity contribution in [3.63, 3.8) is 0 Å². The first-order valence-corrected chi connectivity index (χ1v) is 6.52. The largest absolute Gasteiger partial charge is 0.350 e. The van der Waals surface area contributed by atoms with Crippen molar-refractivity contribution in [1.82, 2.24) is 10.6 Å². The Morgan fingerprint density at radius 3 is 2.79 bits per heavy atom. The van der Waals surface area contributed by atoms with Gasteiger partial charge in [-0.15, -0.1) is 0 Å². The fraction of sp³-hybridized carbons (Fsp3) is 0.500. The Labute approximate surface area is 111 Å².